The number of amides is 1. The molecule has 0 aliphatic heterocycles. The molecule has 1 heterocycles. The number of nitrogens with zero attached hydrogens (tertiary/aromatic N) is 1. The largest absolute Gasteiger partial charge is 0.462 e. The van der Waals surface area contributed by atoms with Crippen LogP contribution in [0.1, 0.15) is 21.9 Å². The van der Waals surface area contributed by atoms with E-state index >= 15 is 0 Å². The molecule has 0 unspecified atom stereocenters. The average molecular weight is 336 g/mol. The molecule has 1 aromatic heterocycles. The minimum absolute atomic E-state index is 0.0737. The zero-order valence-electron chi connectivity index (χ0n) is 14.0. The maximum atomic E-state index is 12.7. The van der Waals surface area contributed by atoms with Crippen molar-refractivity contribution in [1.82, 2.24) is 0 Å². The van der Waals surface area contributed by atoms with Crippen molar-refractivity contribution in [3.05, 3.63) is 83.8 Å². The molecule has 0 saturated carbocycles. The van der Waals surface area contributed by atoms with Crippen LogP contribution < -0.4 is 10.2 Å². The first-order valence-electron chi connectivity index (χ1n) is 8.03. The molecule has 0 radical (unpaired) electrons. The molecule has 3 aromatic rings. The highest BCUT2D eigenvalue weighted by Gasteiger charge is 2.13. The summed E-state index contributed by atoms with van der Waals surface area (Å²) >= 11 is 0. The van der Waals surface area contributed by atoms with E-state index in [1.807, 2.05) is 54.6 Å². The molecule has 1 amide bonds. The molecule has 3 rings (SSSR count). The van der Waals surface area contributed by atoms with E-state index in [-0.39, 0.29) is 12.5 Å². The Morgan fingerprint density at radius 1 is 1.04 bits per heavy atom. The molecule has 5 heteroatoms. The van der Waals surface area contributed by atoms with Crippen molar-refractivity contribution in [2.45, 2.75) is 13.2 Å². The molecule has 0 aliphatic carbocycles. The first kappa shape index (κ1) is 16.8. The number of carbonyl (C=O) groups excluding carboxylic acids is 1. The SMILES string of the molecule is CN(C(=O)c1cccc(NCc2ccc(CO)o2)c1)c1ccccc1. The van der Waals surface area contributed by atoms with Gasteiger partial charge in [0.25, 0.3) is 5.91 Å². The fraction of sp³-hybridized carbons (Fsp3) is 0.150. The fourth-order valence-corrected chi connectivity index (χ4v) is 2.52. The van der Waals surface area contributed by atoms with Crippen molar-refractivity contribution >= 4 is 17.3 Å². The van der Waals surface area contributed by atoms with Gasteiger partial charge < -0.3 is 19.7 Å². The van der Waals surface area contributed by atoms with E-state index in [1.165, 1.54) is 0 Å². The smallest absolute Gasteiger partial charge is 0.258 e. The van der Waals surface area contributed by atoms with Gasteiger partial charge in [-0.25, -0.2) is 0 Å². The number of aliphatic hydroxyl groups excluding tert-OH is 1. The number of anilines is 2. The maximum absolute atomic E-state index is 12.7. The standard InChI is InChI=1S/C20H20N2O3/c1-22(17-8-3-2-4-9-17)20(24)15-6-5-7-16(12-15)21-13-18-10-11-19(14-23)25-18/h2-12,21,23H,13-14H2,1H3. The number of carbonyl (C=O) groups is 1. The predicted molar refractivity (Wildman–Crippen MR) is 97.6 cm³/mol. The van der Waals surface area contributed by atoms with Gasteiger partial charge in [-0.05, 0) is 42.5 Å². The number of para-hydroxylation sites is 1. The summed E-state index contributed by atoms with van der Waals surface area (Å²) in [7, 11) is 1.76. The Labute approximate surface area is 146 Å². The molecule has 128 valence electrons. The van der Waals surface area contributed by atoms with Crippen molar-refractivity contribution in [1.29, 1.82) is 0 Å². The van der Waals surface area contributed by atoms with Gasteiger partial charge in [0.1, 0.15) is 18.1 Å². The molecule has 2 N–H and O–H groups in total. The number of aliphatic hydroxyl groups is 1. The van der Waals surface area contributed by atoms with E-state index < -0.39 is 0 Å². The van der Waals surface area contributed by atoms with Crippen LogP contribution in [0.3, 0.4) is 0 Å². The van der Waals surface area contributed by atoms with Crippen molar-refractivity contribution in [3.8, 4) is 0 Å². The highest BCUT2D eigenvalue weighted by atomic mass is 16.4. The van der Waals surface area contributed by atoms with Crippen molar-refractivity contribution in [2.24, 2.45) is 0 Å². The second kappa shape index (κ2) is 7.68. The van der Waals surface area contributed by atoms with Crippen molar-refractivity contribution in [3.63, 3.8) is 0 Å². The van der Waals surface area contributed by atoms with Crippen molar-refractivity contribution in [2.75, 3.05) is 17.3 Å². The van der Waals surface area contributed by atoms with Gasteiger partial charge in [0.2, 0.25) is 0 Å². The number of benzene rings is 2. The second-order valence-electron chi connectivity index (χ2n) is 5.66. The van der Waals surface area contributed by atoms with E-state index in [9.17, 15) is 4.79 Å². The van der Waals surface area contributed by atoms with Crippen LogP contribution in [0.25, 0.3) is 0 Å². The summed E-state index contributed by atoms with van der Waals surface area (Å²) in [6.45, 7) is 0.363. The highest BCUT2D eigenvalue weighted by Crippen LogP contribution is 2.18. The lowest BCUT2D eigenvalue weighted by Gasteiger charge is -2.17. The third-order valence-electron chi connectivity index (χ3n) is 3.90. The van der Waals surface area contributed by atoms with E-state index in [0.29, 0.717) is 17.9 Å². The lowest BCUT2D eigenvalue weighted by atomic mass is 10.1. The topological polar surface area (TPSA) is 65.7 Å². The first-order valence-corrected chi connectivity index (χ1v) is 8.03. The van der Waals surface area contributed by atoms with Crippen LogP contribution in [0.4, 0.5) is 11.4 Å². The molecule has 0 bridgehead atoms. The summed E-state index contributed by atoms with van der Waals surface area (Å²) in [5.74, 6) is 1.18. The van der Waals surface area contributed by atoms with Crippen LogP contribution in [0.5, 0.6) is 0 Å². The summed E-state index contributed by atoms with van der Waals surface area (Å²) in [6.07, 6.45) is 0. The minimum Gasteiger partial charge on any atom is -0.462 e. The van der Waals surface area contributed by atoms with E-state index in [0.717, 1.165) is 17.1 Å². The van der Waals surface area contributed by atoms with Gasteiger partial charge in [-0.15, -0.1) is 0 Å². The molecular formula is C20H20N2O3. The van der Waals surface area contributed by atoms with Crippen LogP contribution in [-0.2, 0) is 13.2 Å². The fourth-order valence-electron chi connectivity index (χ4n) is 2.52. The third kappa shape index (κ3) is 4.08. The molecule has 0 atom stereocenters. The van der Waals surface area contributed by atoms with Gasteiger partial charge in [-0.3, -0.25) is 4.79 Å². The van der Waals surface area contributed by atoms with Gasteiger partial charge >= 0.3 is 0 Å². The van der Waals surface area contributed by atoms with Gasteiger partial charge in [0, 0.05) is 24.0 Å². The summed E-state index contributed by atoms with van der Waals surface area (Å²) in [5, 5.41) is 12.2. The molecule has 0 saturated heterocycles. The van der Waals surface area contributed by atoms with E-state index in [4.69, 9.17) is 9.52 Å². The Kier molecular flexibility index (Phi) is 5.16. The Balaban J connectivity index is 1.69. The Hall–Kier alpha value is -3.05. The second-order valence-corrected chi connectivity index (χ2v) is 5.66. The van der Waals surface area contributed by atoms with Crippen LogP contribution in [0.2, 0.25) is 0 Å². The lowest BCUT2D eigenvalue weighted by molar-refractivity contribution is 0.0993. The van der Waals surface area contributed by atoms with Crippen LogP contribution in [0, 0.1) is 0 Å². The molecule has 0 aliphatic rings. The first-order chi connectivity index (χ1) is 12.2. The van der Waals surface area contributed by atoms with Crippen molar-refractivity contribution < 1.29 is 14.3 Å². The van der Waals surface area contributed by atoms with Gasteiger partial charge in [-0.2, -0.15) is 0 Å². The summed E-state index contributed by atoms with van der Waals surface area (Å²) in [4.78, 5) is 14.3. The summed E-state index contributed by atoms with van der Waals surface area (Å²) in [6, 6.07) is 20.4. The van der Waals surface area contributed by atoms with Crippen LogP contribution >= 0.6 is 0 Å². The molecule has 0 fully saturated rings. The number of hydrogen-bond donors (Lipinski definition) is 2. The van der Waals surface area contributed by atoms with E-state index in [2.05, 4.69) is 5.32 Å². The number of furan rings is 1. The van der Waals surface area contributed by atoms with Crippen LogP contribution in [-0.4, -0.2) is 18.1 Å². The number of hydrogen-bond acceptors (Lipinski definition) is 4. The van der Waals surface area contributed by atoms with Crippen LogP contribution in [0.15, 0.2) is 71.1 Å². The quantitative estimate of drug-likeness (QED) is 0.721. The molecule has 5 nitrogen and oxygen atoms in total. The molecule has 25 heavy (non-hydrogen) atoms. The Morgan fingerprint density at radius 2 is 1.80 bits per heavy atom. The van der Waals surface area contributed by atoms with Gasteiger partial charge in [-0.1, -0.05) is 24.3 Å². The van der Waals surface area contributed by atoms with Gasteiger partial charge in [0.05, 0.1) is 6.54 Å². The van der Waals surface area contributed by atoms with Gasteiger partial charge in [0.15, 0.2) is 0 Å². The maximum Gasteiger partial charge on any atom is 0.258 e. The minimum atomic E-state index is -0.115. The molecular weight excluding hydrogens is 316 g/mol. The monoisotopic (exact) mass is 336 g/mol. The summed E-state index contributed by atoms with van der Waals surface area (Å²) in [5.41, 5.74) is 2.28. The number of rotatable bonds is 6. The lowest BCUT2D eigenvalue weighted by Crippen LogP contribution is -2.26. The average Bonchev–Trinajstić information content (AvgIpc) is 3.14. The predicted octanol–water partition coefficient (Wildman–Crippen LogP) is 3.66. The van der Waals surface area contributed by atoms with E-state index in [1.54, 1.807) is 24.1 Å². The molecule has 0 spiro atoms. The molecule has 2 aromatic carbocycles. The Bertz CT molecular complexity index is 843. The Morgan fingerprint density at radius 3 is 2.52 bits per heavy atom. The zero-order chi connectivity index (χ0) is 17.6. The third-order valence-corrected chi connectivity index (χ3v) is 3.90. The normalized spacial score (nSPS) is 10.5. The number of nitrogens with one attached hydrogen (secondary N) is 1. The highest BCUT2D eigenvalue weighted by molar-refractivity contribution is 6.06. The zero-order valence-corrected chi connectivity index (χ0v) is 14.0. The summed E-state index contributed by atoms with van der Waals surface area (Å²) < 4.78 is 5.44.